The minimum atomic E-state index is -0.503. The fourth-order valence-electron chi connectivity index (χ4n) is 5.19. The van der Waals surface area contributed by atoms with E-state index in [1.54, 1.807) is 10.7 Å². The van der Waals surface area contributed by atoms with Crippen LogP contribution in [0.15, 0.2) is 42.5 Å². The zero-order valence-electron chi connectivity index (χ0n) is 20.0. The van der Waals surface area contributed by atoms with Crippen LogP contribution in [0.2, 0.25) is 10.0 Å². The average Bonchev–Trinajstić information content (AvgIpc) is 3.39. The van der Waals surface area contributed by atoms with E-state index in [2.05, 4.69) is 45.1 Å². The van der Waals surface area contributed by atoms with Gasteiger partial charge in [0.15, 0.2) is 0 Å². The molecule has 1 spiro atoms. The maximum Gasteiger partial charge on any atom is 0.410 e. The van der Waals surface area contributed by atoms with Crippen LogP contribution in [-0.2, 0) is 10.2 Å². The number of fused-ring (bicyclic) bond motifs is 2. The van der Waals surface area contributed by atoms with Crippen molar-refractivity contribution in [2.45, 2.75) is 57.1 Å². The molecule has 0 radical (unpaired) electrons. The number of carbonyl (C=O) groups excluding carboxylic acids is 1. The van der Waals surface area contributed by atoms with Crippen LogP contribution in [-0.4, -0.2) is 49.9 Å². The Morgan fingerprint density at radius 1 is 1.11 bits per heavy atom. The van der Waals surface area contributed by atoms with E-state index in [0.29, 0.717) is 34.8 Å². The van der Waals surface area contributed by atoms with Gasteiger partial charge in [0.05, 0.1) is 21.8 Å². The van der Waals surface area contributed by atoms with Gasteiger partial charge in [0.25, 0.3) is 0 Å². The highest BCUT2D eigenvalue weighted by molar-refractivity contribution is 6.43. The summed E-state index contributed by atoms with van der Waals surface area (Å²) < 4.78 is 7.17. The van der Waals surface area contributed by atoms with Gasteiger partial charge in [0, 0.05) is 18.5 Å². The lowest BCUT2D eigenvalue weighted by Crippen LogP contribution is -2.46. The first-order valence-corrected chi connectivity index (χ1v) is 12.5. The molecule has 1 aliphatic carbocycles. The summed E-state index contributed by atoms with van der Waals surface area (Å²) >= 11 is 12.6. The molecule has 3 aromatic rings. The number of ether oxygens (including phenoxy) is 1. The van der Waals surface area contributed by atoms with Crippen molar-refractivity contribution in [3.8, 4) is 5.69 Å². The Balaban J connectivity index is 1.38. The lowest BCUT2D eigenvalue weighted by molar-refractivity contribution is 0.0162. The van der Waals surface area contributed by atoms with Gasteiger partial charge in [-0.3, -0.25) is 0 Å². The van der Waals surface area contributed by atoms with Crippen LogP contribution in [0.25, 0.3) is 5.69 Å². The van der Waals surface area contributed by atoms with Crippen LogP contribution >= 0.6 is 23.2 Å². The van der Waals surface area contributed by atoms with Gasteiger partial charge in [0.1, 0.15) is 5.60 Å². The predicted molar refractivity (Wildman–Crippen MR) is 135 cm³/mol. The van der Waals surface area contributed by atoms with Crippen LogP contribution in [0, 0.1) is 0 Å². The number of tetrazole rings is 1. The Bertz CT molecular complexity index is 1250. The molecule has 1 saturated heterocycles. The summed E-state index contributed by atoms with van der Waals surface area (Å²) in [7, 11) is 0. The van der Waals surface area contributed by atoms with Crippen LogP contribution in [0.5, 0.6) is 0 Å². The smallest absolute Gasteiger partial charge is 0.410 e. The van der Waals surface area contributed by atoms with Gasteiger partial charge < -0.3 is 15.0 Å². The minimum Gasteiger partial charge on any atom is -0.444 e. The summed E-state index contributed by atoms with van der Waals surface area (Å²) in [5.74, 6) is 0.497. The number of anilines is 1. The number of halogens is 2. The van der Waals surface area contributed by atoms with Crippen LogP contribution in [0.4, 0.5) is 10.7 Å². The molecule has 1 amide bonds. The second-order valence-corrected chi connectivity index (χ2v) is 11.0. The van der Waals surface area contributed by atoms with E-state index in [1.807, 2.05) is 37.8 Å². The van der Waals surface area contributed by atoms with Crippen molar-refractivity contribution in [1.29, 1.82) is 0 Å². The Kier molecular flexibility index (Phi) is 6.13. The molecule has 2 aliphatic rings. The molecule has 1 N–H and O–H groups in total. The molecule has 1 fully saturated rings. The van der Waals surface area contributed by atoms with Crippen LogP contribution in [0.1, 0.15) is 57.2 Å². The molecule has 1 aromatic heterocycles. The molecule has 1 unspecified atom stereocenters. The fourth-order valence-corrected chi connectivity index (χ4v) is 5.57. The Labute approximate surface area is 214 Å². The summed E-state index contributed by atoms with van der Waals surface area (Å²) in [6, 6.07) is 13.9. The zero-order chi connectivity index (χ0) is 24.8. The molecule has 1 atom stereocenters. The molecule has 0 saturated carbocycles. The third-order valence-electron chi connectivity index (χ3n) is 6.81. The standard InChI is InChI=1S/C25H28Cl2N6O2/c1-24(2,3)35-23(34)32-13-11-25(12-14-32)15-19(16-7-4-5-8-17(16)25)28-22-29-30-31-33(22)20-10-6-9-18(26)21(20)27/h4-10,19H,11-15H2,1-3H3,(H,28,29,31). The number of nitrogens with one attached hydrogen (secondary N) is 1. The molecular weight excluding hydrogens is 487 g/mol. The highest BCUT2D eigenvalue weighted by atomic mass is 35.5. The first kappa shape index (κ1) is 23.9. The average molecular weight is 515 g/mol. The first-order chi connectivity index (χ1) is 16.7. The SMILES string of the molecule is CC(C)(C)OC(=O)N1CCC2(CC1)CC(Nc1nnnn1-c1cccc(Cl)c1Cl)c1ccccc12. The summed E-state index contributed by atoms with van der Waals surface area (Å²) in [5, 5.41) is 16.6. The van der Waals surface area contributed by atoms with E-state index in [1.165, 1.54) is 11.1 Å². The molecule has 2 heterocycles. The quantitative estimate of drug-likeness (QED) is 0.475. The molecule has 0 bridgehead atoms. The summed E-state index contributed by atoms with van der Waals surface area (Å²) in [5.41, 5.74) is 2.62. The summed E-state index contributed by atoms with van der Waals surface area (Å²) in [6.45, 7) is 7.00. The molecule has 10 heteroatoms. The van der Waals surface area contributed by atoms with Crippen molar-refractivity contribution in [2.24, 2.45) is 0 Å². The number of piperidine rings is 1. The third-order valence-corrected chi connectivity index (χ3v) is 7.62. The van der Waals surface area contributed by atoms with Gasteiger partial charge in [-0.05, 0) is 73.7 Å². The minimum absolute atomic E-state index is 0.0157. The molecule has 35 heavy (non-hydrogen) atoms. The highest BCUT2D eigenvalue weighted by Crippen LogP contribution is 2.51. The topological polar surface area (TPSA) is 85.2 Å². The third kappa shape index (κ3) is 4.57. The molecular formula is C25H28Cl2N6O2. The Morgan fingerprint density at radius 2 is 1.86 bits per heavy atom. The lowest BCUT2D eigenvalue weighted by Gasteiger charge is -2.40. The van der Waals surface area contributed by atoms with E-state index < -0.39 is 5.60 Å². The van der Waals surface area contributed by atoms with Crippen molar-refractivity contribution in [1.82, 2.24) is 25.1 Å². The number of aromatic nitrogens is 4. The Morgan fingerprint density at radius 3 is 2.60 bits per heavy atom. The predicted octanol–water partition coefficient (Wildman–Crippen LogP) is 5.79. The monoisotopic (exact) mass is 514 g/mol. The maximum atomic E-state index is 12.6. The largest absolute Gasteiger partial charge is 0.444 e. The number of amides is 1. The van der Waals surface area contributed by atoms with Crippen molar-refractivity contribution < 1.29 is 9.53 Å². The van der Waals surface area contributed by atoms with E-state index >= 15 is 0 Å². The summed E-state index contributed by atoms with van der Waals surface area (Å²) in [4.78, 5) is 14.4. The van der Waals surface area contributed by atoms with E-state index in [-0.39, 0.29) is 17.6 Å². The number of benzene rings is 2. The normalized spacial score (nSPS) is 19.0. The van der Waals surface area contributed by atoms with Gasteiger partial charge in [-0.25, -0.2) is 4.79 Å². The maximum absolute atomic E-state index is 12.6. The zero-order valence-corrected chi connectivity index (χ0v) is 21.5. The van der Waals surface area contributed by atoms with Crippen LogP contribution < -0.4 is 5.32 Å². The fraction of sp³-hybridized carbons (Fsp3) is 0.440. The second-order valence-electron chi connectivity index (χ2n) is 10.2. The summed E-state index contributed by atoms with van der Waals surface area (Å²) in [6.07, 6.45) is 2.37. The van der Waals surface area contributed by atoms with E-state index in [0.717, 1.165) is 19.3 Å². The second kappa shape index (κ2) is 8.99. The number of carbonyl (C=O) groups is 1. The van der Waals surface area contributed by atoms with Gasteiger partial charge in [-0.2, -0.15) is 4.68 Å². The number of hydrogen-bond acceptors (Lipinski definition) is 6. The number of rotatable bonds is 3. The van der Waals surface area contributed by atoms with Gasteiger partial charge in [-0.1, -0.05) is 58.6 Å². The van der Waals surface area contributed by atoms with Gasteiger partial charge >= 0.3 is 6.09 Å². The highest BCUT2D eigenvalue weighted by Gasteiger charge is 2.46. The van der Waals surface area contributed by atoms with Crippen molar-refractivity contribution in [2.75, 3.05) is 18.4 Å². The number of likely N-dealkylation sites (tertiary alicyclic amines) is 1. The number of nitrogens with zero attached hydrogens (tertiary/aromatic N) is 5. The van der Waals surface area contributed by atoms with Gasteiger partial charge in [0.2, 0.25) is 5.95 Å². The Hall–Kier alpha value is -2.84. The first-order valence-electron chi connectivity index (χ1n) is 11.7. The molecule has 1 aliphatic heterocycles. The molecule has 5 rings (SSSR count). The number of hydrogen-bond donors (Lipinski definition) is 1. The molecule has 2 aromatic carbocycles. The van der Waals surface area contributed by atoms with Crippen LogP contribution in [0.3, 0.4) is 0 Å². The lowest BCUT2D eigenvalue weighted by atomic mass is 9.73. The molecule has 184 valence electrons. The van der Waals surface area contributed by atoms with Crippen molar-refractivity contribution in [3.63, 3.8) is 0 Å². The van der Waals surface area contributed by atoms with Crippen molar-refractivity contribution in [3.05, 3.63) is 63.6 Å². The van der Waals surface area contributed by atoms with Gasteiger partial charge in [-0.15, -0.1) is 0 Å². The van der Waals surface area contributed by atoms with Crippen molar-refractivity contribution >= 4 is 35.2 Å². The molecule has 8 nitrogen and oxygen atoms in total. The van der Waals surface area contributed by atoms with E-state index in [4.69, 9.17) is 27.9 Å². The van der Waals surface area contributed by atoms with E-state index in [9.17, 15) is 4.79 Å².